The third-order valence-electron chi connectivity index (χ3n) is 4.86. The molecule has 1 aromatic carbocycles. The van der Waals surface area contributed by atoms with Crippen LogP contribution in [0.25, 0.3) is 0 Å². The predicted molar refractivity (Wildman–Crippen MR) is 121 cm³/mol. The van der Waals surface area contributed by atoms with E-state index >= 15 is 0 Å². The normalized spacial score (nSPS) is 18.4. The molecule has 0 unspecified atom stereocenters. The maximum absolute atomic E-state index is 12.9. The number of rotatable bonds is 5. The first-order chi connectivity index (χ1) is 15.0. The van der Waals surface area contributed by atoms with Gasteiger partial charge in [-0.3, -0.25) is 19.7 Å². The maximum Gasteiger partial charge on any atom is 0.321 e. The summed E-state index contributed by atoms with van der Waals surface area (Å²) in [6.07, 6.45) is -0.0264. The predicted octanol–water partition coefficient (Wildman–Crippen LogP) is 3.32. The van der Waals surface area contributed by atoms with Gasteiger partial charge < -0.3 is 15.0 Å². The monoisotopic (exact) mass is 457 g/mol. The van der Waals surface area contributed by atoms with Crippen molar-refractivity contribution in [1.29, 1.82) is 0 Å². The number of amides is 4. The molecule has 1 saturated heterocycles. The number of esters is 1. The molecule has 3 rings (SSSR count). The number of aryl methyl sites for hydroxylation is 1. The highest BCUT2D eigenvalue weighted by molar-refractivity contribution is 7.10. The van der Waals surface area contributed by atoms with Crippen molar-refractivity contribution in [3.05, 3.63) is 52.2 Å². The van der Waals surface area contributed by atoms with Crippen LogP contribution in [0.15, 0.2) is 41.8 Å². The quantitative estimate of drug-likeness (QED) is 0.670. The topological polar surface area (TPSA) is 105 Å². The zero-order valence-corrected chi connectivity index (χ0v) is 19.3. The molecule has 8 nitrogen and oxygen atoms in total. The second-order valence-corrected chi connectivity index (χ2v) is 9.71. The summed E-state index contributed by atoms with van der Waals surface area (Å²) < 4.78 is 5.19. The summed E-state index contributed by atoms with van der Waals surface area (Å²) in [4.78, 5) is 52.1. The minimum Gasteiger partial charge on any atom is -0.455 e. The lowest BCUT2D eigenvalue weighted by atomic mass is 9.99. The maximum atomic E-state index is 12.9. The first-order valence-corrected chi connectivity index (χ1v) is 11.1. The molecule has 2 atom stereocenters. The second-order valence-electron chi connectivity index (χ2n) is 8.73. The van der Waals surface area contributed by atoms with Crippen LogP contribution in [0.1, 0.15) is 43.7 Å². The molecule has 9 heteroatoms. The summed E-state index contributed by atoms with van der Waals surface area (Å²) >= 11 is 1.45. The molecule has 4 amide bonds. The lowest BCUT2D eigenvalue weighted by Crippen LogP contribution is -2.49. The molecule has 0 aliphatic carbocycles. The fourth-order valence-electron chi connectivity index (χ4n) is 3.52. The number of urea groups is 1. The molecule has 0 saturated carbocycles. The number of ether oxygens (including phenoxy) is 1. The van der Waals surface area contributed by atoms with E-state index in [1.165, 1.54) is 11.3 Å². The number of carbonyl (C=O) groups is 4. The number of anilines is 1. The van der Waals surface area contributed by atoms with E-state index in [4.69, 9.17) is 4.74 Å². The van der Waals surface area contributed by atoms with Crippen molar-refractivity contribution in [2.24, 2.45) is 5.92 Å². The van der Waals surface area contributed by atoms with E-state index in [0.29, 0.717) is 5.69 Å². The number of carbonyl (C=O) groups excluding carboxylic acids is 4. The number of hydrogen-bond acceptors (Lipinski definition) is 6. The molecule has 32 heavy (non-hydrogen) atoms. The number of benzene rings is 1. The van der Waals surface area contributed by atoms with Crippen LogP contribution in [0.5, 0.6) is 0 Å². The van der Waals surface area contributed by atoms with Gasteiger partial charge >= 0.3 is 12.0 Å². The van der Waals surface area contributed by atoms with Crippen LogP contribution in [0.2, 0.25) is 0 Å². The van der Waals surface area contributed by atoms with Crippen molar-refractivity contribution in [2.75, 3.05) is 11.5 Å². The Bertz CT molecular complexity index is 996. The van der Waals surface area contributed by atoms with Gasteiger partial charge in [-0.25, -0.2) is 4.79 Å². The van der Waals surface area contributed by atoms with Gasteiger partial charge in [-0.1, -0.05) is 23.8 Å². The number of nitrogens with one attached hydrogen (secondary N) is 2. The van der Waals surface area contributed by atoms with Crippen molar-refractivity contribution in [2.45, 2.75) is 45.7 Å². The molecule has 0 radical (unpaired) electrons. The van der Waals surface area contributed by atoms with Gasteiger partial charge in [-0.2, -0.15) is 0 Å². The Labute approximate surface area is 190 Å². The summed E-state index contributed by atoms with van der Waals surface area (Å²) in [6, 6.07) is 10.1. The van der Waals surface area contributed by atoms with Gasteiger partial charge in [0.1, 0.15) is 0 Å². The van der Waals surface area contributed by atoms with E-state index in [1.807, 2.05) is 48.7 Å². The minimum atomic E-state index is -0.765. The van der Waals surface area contributed by atoms with Crippen molar-refractivity contribution in [3.63, 3.8) is 0 Å². The van der Waals surface area contributed by atoms with Gasteiger partial charge in [0, 0.05) is 22.5 Å². The number of nitrogens with zero attached hydrogens (tertiary/aromatic N) is 1. The summed E-state index contributed by atoms with van der Waals surface area (Å²) in [7, 11) is 0. The van der Waals surface area contributed by atoms with Gasteiger partial charge in [0.2, 0.25) is 5.91 Å². The highest BCUT2D eigenvalue weighted by Gasteiger charge is 2.46. The molecular formula is C23H27N3O5S. The number of imide groups is 1. The van der Waals surface area contributed by atoms with E-state index in [1.54, 1.807) is 25.7 Å². The largest absolute Gasteiger partial charge is 0.455 e. The third-order valence-corrected chi connectivity index (χ3v) is 5.80. The molecule has 1 fully saturated rings. The average Bonchev–Trinajstić information content (AvgIpc) is 3.33. The summed E-state index contributed by atoms with van der Waals surface area (Å²) in [6.45, 7) is 6.68. The molecule has 1 aliphatic heterocycles. The standard InChI is InChI=1S/C23H27N3O5S/c1-14-7-9-15(10-8-14)26-19(28)12-16(20(26)17-6-5-11-32-17)21(29)31-13-18(27)24-22(30)25-23(2,3)4/h5-11,16,20H,12-13H2,1-4H3,(H2,24,25,27,30)/t16-,20-/m1/s1. The lowest BCUT2D eigenvalue weighted by molar-refractivity contribution is -0.152. The van der Waals surface area contributed by atoms with Crippen molar-refractivity contribution >= 4 is 40.8 Å². The van der Waals surface area contributed by atoms with E-state index in [0.717, 1.165) is 10.4 Å². The molecule has 1 aliphatic rings. The minimum absolute atomic E-state index is 0.0264. The first-order valence-electron chi connectivity index (χ1n) is 10.3. The fourth-order valence-corrected chi connectivity index (χ4v) is 4.40. The average molecular weight is 458 g/mol. The van der Waals surface area contributed by atoms with Crippen LogP contribution in [0, 0.1) is 12.8 Å². The molecule has 0 spiro atoms. The number of hydrogen-bond donors (Lipinski definition) is 2. The zero-order valence-electron chi connectivity index (χ0n) is 18.5. The van der Waals surface area contributed by atoms with Gasteiger partial charge in [0.25, 0.3) is 5.91 Å². The Kier molecular flexibility index (Phi) is 6.98. The molecule has 2 N–H and O–H groups in total. The smallest absolute Gasteiger partial charge is 0.321 e. The molecule has 170 valence electrons. The van der Waals surface area contributed by atoms with Crippen molar-refractivity contribution in [1.82, 2.24) is 10.6 Å². The van der Waals surface area contributed by atoms with Crippen LogP contribution in [-0.2, 0) is 19.1 Å². The van der Waals surface area contributed by atoms with Crippen LogP contribution in [0.3, 0.4) is 0 Å². The highest BCUT2D eigenvalue weighted by atomic mass is 32.1. The molecule has 2 heterocycles. The van der Waals surface area contributed by atoms with Crippen LogP contribution < -0.4 is 15.5 Å². The lowest BCUT2D eigenvalue weighted by Gasteiger charge is -2.27. The zero-order chi connectivity index (χ0) is 23.5. The summed E-state index contributed by atoms with van der Waals surface area (Å²) in [5.41, 5.74) is 1.25. The SMILES string of the molecule is Cc1ccc(N2C(=O)C[C@@H](C(=O)OCC(=O)NC(=O)NC(C)(C)C)[C@@H]2c2cccs2)cc1. The second kappa shape index (κ2) is 9.52. The van der Waals surface area contributed by atoms with Crippen molar-refractivity contribution in [3.8, 4) is 0 Å². The fraction of sp³-hybridized carbons (Fsp3) is 0.391. The number of thiophene rings is 1. The Balaban J connectivity index is 1.71. The van der Waals surface area contributed by atoms with Gasteiger partial charge in [-0.15, -0.1) is 11.3 Å². The van der Waals surface area contributed by atoms with Crippen LogP contribution >= 0.6 is 11.3 Å². The van der Waals surface area contributed by atoms with Crippen molar-refractivity contribution < 1.29 is 23.9 Å². The molecular weight excluding hydrogens is 430 g/mol. The van der Waals surface area contributed by atoms with E-state index in [-0.39, 0.29) is 12.3 Å². The Morgan fingerprint density at radius 3 is 2.44 bits per heavy atom. The van der Waals surface area contributed by atoms with Gasteiger partial charge in [0.15, 0.2) is 6.61 Å². The van der Waals surface area contributed by atoms with Crippen LogP contribution in [-0.4, -0.2) is 36.0 Å². The first kappa shape index (κ1) is 23.5. The van der Waals surface area contributed by atoms with E-state index < -0.39 is 42.0 Å². The van der Waals surface area contributed by atoms with Gasteiger partial charge in [0.05, 0.1) is 12.0 Å². The summed E-state index contributed by atoms with van der Waals surface area (Å²) in [5.74, 6) is -2.35. The Hall–Kier alpha value is -3.20. The summed E-state index contributed by atoms with van der Waals surface area (Å²) in [5, 5.41) is 6.60. The van der Waals surface area contributed by atoms with E-state index in [9.17, 15) is 19.2 Å². The Morgan fingerprint density at radius 2 is 1.84 bits per heavy atom. The molecule has 1 aromatic heterocycles. The molecule has 2 aromatic rings. The van der Waals surface area contributed by atoms with Crippen LogP contribution in [0.4, 0.5) is 10.5 Å². The highest BCUT2D eigenvalue weighted by Crippen LogP contribution is 2.43. The molecule has 0 bridgehead atoms. The van der Waals surface area contributed by atoms with E-state index in [2.05, 4.69) is 10.6 Å². The van der Waals surface area contributed by atoms with Gasteiger partial charge in [-0.05, 0) is 51.3 Å². The Morgan fingerprint density at radius 1 is 1.16 bits per heavy atom. The third kappa shape index (κ3) is 5.73.